The van der Waals surface area contributed by atoms with E-state index in [-0.39, 0.29) is 17.2 Å². The summed E-state index contributed by atoms with van der Waals surface area (Å²) in [6, 6.07) is 5.86. The lowest BCUT2D eigenvalue weighted by Crippen LogP contribution is -2.18. The van der Waals surface area contributed by atoms with E-state index in [0.29, 0.717) is 12.3 Å². The van der Waals surface area contributed by atoms with Crippen LogP contribution in [0.4, 0.5) is 10.1 Å². The van der Waals surface area contributed by atoms with Crippen LogP contribution in [-0.4, -0.2) is 19.0 Å². The van der Waals surface area contributed by atoms with Crippen LogP contribution in [0.3, 0.4) is 0 Å². The Hall–Kier alpha value is -1.93. The van der Waals surface area contributed by atoms with E-state index in [4.69, 9.17) is 5.26 Å². The van der Waals surface area contributed by atoms with E-state index < -0.39 is 5.82 Å². The summed E-state index contributed by atoms with van der Waals surface area (Å²) in [4.78, 5) is 11.7. The summed E-state index contributed by atoms with van der Waals surface area (Å²) in [6.07, 6.45) is 1.37. The number of nitrogens with one attached hydrogen (secondary N) is 2. The van der Waals surface area contributed by atoms with Gasteiger partial charge in [-0.25, -0.2) is 4.39 Å². The molecule has 0 aliphatic carbocycles. The third-order valence-electron chi connectivity index (χ3n) is 3.01. The minimum atomic E-state index is -0.577. The summed E-state index contributed by atoms with van der Waals surface area (Å²) in [5.41, 5.74) is 0.371. The van der Waals surface area contributed by atoms with Crippen molar-refractivity contribution in [3.8, 4) is 6.07 Å². The molecule has 5 heteroatoms. The summed E-state index contributed by atoms with van der Waals surface area (Å²) in [5, 5.41) is 14.3. The minimum Gasteiger partial charge on any atom is -0.324 e. The fourth-order valence-electron chi connectivity index (χ4n) is 2.04. The van der Waals surface area contributed by atoms with Crippen LogP contribution in [0, 0.1) is 23.1 Å². The molecule has 1 saturated heterocycles. The molecular formula is C13H14FN3O. The van der Waals surface area contributed by atoms with Crippen LogP contribution in [0.1, 0.15) is 18.4 Å². The van der Waals surface area contributed by atoms with Crippen LogP contribution in [0.2, 0.25) is 0 Å². The molecule has 1 heterocycles. The maximum absolute atomic E-state index is 13.5. The molecule has 1 amide bonds. The average molecular weight is 247 g/mol. The number of nitrogens with zero attached hydrogens (tertiary/aromatic N) is 1. The van der Waals surface area contributed by atoms with Crippen LogP contribution in [0.15, 0.2) is 18.2 Å². The predicted molar refractivity (Wildman–Crippen MR) is 65.3 cm³/mol. The highest BCUT2D eigenvalue weighted by molar-refractivity contribution is 5.91. The van der Waals surface area contributed by atoms with Gasteiger partial charge in [0.2, 0.25) is 5.91 Å². The highest BCUT2D eigenvalue weighted by Gasteiger charge is 2.18. The molecule has 1 aliphatic rings. The van der Waals surface area contributed by atoms with Gasteiger partial charge in [0, 0.05) is 6.42 Å². The Labute approximate surface area is 105 Å². The quantitative estimate of drug-likeness (QED) is 0.853. The van der Waals surface area contributed by atoms with Gasteiger partial charge in [-0.15, -0.1) is 0 Å². The molecule has 18 heavy (non-hydrogen) atoms. The number of benzene rings is 1. The molecule has 94 valence electrons. The fraction of sp³-hybridized carbons (Fsp3) is 0.385. The number of nitriles is 1. The van der Waals surface area contributed by atoms with E-state index in [1.165, 1.54) is 12.1 Å². The summed E-state index contributed by atoms with van der Waals surface area (Å²) < 4.78 is 13.5. The molecule has 2 rings (SSSR count). The number of hydrogen-bond acceptors (Lipinski definition) is 3. The van der Waals surface area contributed by atoms with Gasteiger partial charge in [-0.3, -0.25) is 4.79 Å². The second-order valence-electron chi connectivity index (χ2n) is 4.42. The van der Waals surface area contributed by atoms with E-state index in [0.717, 1.165) is 25.6 Å². The van der Waals surface area contributed by atoms with Crippen molar-refractivity contribution in [3.05, 3.63) is 29.6 Å². The highest BCUT2D eigenvalue weighted by Crippen LogP contribution is 2.18. The Morgan fingerprint density at radius 3 is 3.06 bits per heavy atom. The molecule has 1 aromatic rings. The van der Waals surface area contributed by atoms with Gasteiger partial charge >= 0.3 is 0 Å². The molecule has 1 aromatic carbocycles. The Kier molecular flexibility index (Phi) is 3.90. The lowest BCUT2D eigenvalue weighted by molar-refractivity contribution is -0.117. The minimum absolute atomic E-state index is 0.130. The number of halogens is 1. The molecule has 1 unspecified atom stereocenters. The van der Waals surface area contributed by atoms with Crippen molar-refractivity contribution >= 4 is 11.6 Å². The molecule has 0 bridgehead atoms. The first-order valence-electron chi connectivity index (χ1n) is 5.89. The first-order valence-corrected chi connectivity index (χ1v) is 5.89. The van der Waals surface area contributed by atoms with Crippen LogP contribution in [0.5, 0.6) is 0 Å². The van der Waals surface area contributed by atoms with Crippen LogP contribution in [0.25, 0.3) is 0 Å². The Balaban J connectivity index is 1.96. The van der Waals surface area contributed by atoms with E-state index in [2.05, 4.69) is 10.6 Å². The number of carbonyl (C=O) groups is 1. The van der Waals surface area contributed by atoms with Crippen molar-refractivity contribution in [2.75, 3.05) is 18.4 Å². The topological polar surface area (TPSA) is 64.9 Å². The van der Waals surface area contributed by atoms with Gasteiger partial charge in [-0.2, -0.15) is 5.26 Å². The molecule has 0 spiro atoms. The van der Waals surface area contributed by atoms with Crippen molar-refractivity contribution in [2.24, 2.45) is 5.92 Å². The van der Waals surface area contributed by atoms with Crippen LogP contribution < -0.4 is 10.6 Å². The lowest BCUT2D eigenvalue weighted by Gasteiger charge is -2.09. The van der Waals surface area contributed by atoms with E-state index >= 15 is 0 Å². The van der Waals surface area contributed by atoms with Gasteiger partial charge in [0.1, 0.15) is 5.82 Å². The largest absolute Gasteiger partial charge is 0.324 e. The van der Waals surface area contributed by atoms with Gasteiger partial charge in [0.25, 0.3) is 0 Å². The average Bonchev–Trinajstić information content (AvgIpc) is 2.84. The van der Waals surface area contributed by atoms with Crippen molar-refractivity contribution in [3.63, 3.8) is 0 Å². The van der Waals surface area contributed by atoms with Crippen molar-refractivity contribution in [1.29, 1.82) is 5.26 Å². The number of amides is 1. The fourth-order valence-corrected chi connectivity index (χ4v) is 2.04. The maximum atomic E-state index is 13.5. The predicted octanol–water partition coefficient (Wildman–Crippen LogP) is 1.64. The van der Waals surface area contributed by atoms with E-state index in [1.807, 2.05) is 6.07 Å². The summed E-state index contributed by atoms with van der Waals surface area (Å²) in [6.45, 7) is 1.77. The molecule has 2 N–H and O–H groups in total. The van der Waals surface area contributed by atoms with Gasteiger partial charge in [-0.05, 0) is 43.6 Å². The molecule has 1 atom stereocenters. The van der Waals surface area contributed by atoms with E-state index in [1.54, 1.807) is 0 Å². The highest BCUT2D eigenvalue weighted by atomic mass is 19.1. The standard InChI is InChI=1S/C13H14FN3O/c14-11-5-9(7-15)1-2-12(11)17-13(18)6-10-3-4-16-8-10/h1-2,5,10,16H,3-4,6,8H2,(H,17,18). The second-order valence-corrected chi connectivity index (χ2v) is 4.42. The maximum Gasteiger partial charge on any atom is 0.224 e. The summed E-state index contributed by atoms with van der Waals surface area (Å²) in [5.74, 6) is -0.439. The Morgan fingerprint density at radius 1 is 1.61 bits per heavy atom. The molecule has 0 radical (unpaired) electrons. The smallest absolute Gasteiger partial charge is 0.224 e. The number of rotatable bonds is 3. The SMILES string of the molecule is N#Cc1ccc(NC(=O)CC2CCNC2)c(F)c1. The first-order chi connectivity index (χ1) is 8.69. The zero-order valence-electron chi connectivity index (χ0n) is 9.87. The summed E-state index contributed by atoms with van der Waals surface area (Å²) in [7, 11) is 0. The Bertz CT molecular complexity index is 489. The van der Waals surface area contributed by atoms with Gasteiger partial charge in [-0.1, -0.05) is 0 Å². The van der Waals surface area contributed by atoms with Crippen LogP contribution in [-0.2, 0) is 4.79 Å². The number of hydrogen-bond donors (Lipinski definition) is 2. The van der Waals surface area contributed by atoms with Crippen LogP contribution >= 0.6 is 0 Å². The summed E-state index contributed by atoms with van der Waals surface area (Å²) >= 11 is 0. The normalized spacial score (nSPS) is 18.3. The van der Waals surface area contributed by atoms with Crippen molar-refractivity contribution in [1.82, 2.24) is 5.32 Å². The van der Waals surface area contributed by atoms with Gasteiger partial charge in [0.15, 0.2) is 0 Å². The first kappa shape index (κ1) is 12.5. The lowest BCUT2D eigenvalue weighted by atomic mass is 10.0. The number of anilines is 1. The van der Waals surface area contributed by atoms with Gasteiger partial charge in [0.05, 0.1) is 17.3 Å². The third-order valence-corrected chi connectivity index (χ3v) is 3.01. The van der Waals surface area contributed by atoms with Gasteiger partial charge < -0.3 is 10.6 Å². The van der Waals surface area contributed by atoms with Crippen molar-refractivity contribution in [2.45, 2.75) is 12.8 Å². The Morgan fingerprint density at radius 2 is 2.44 bits per heavy atom. The second kappa shape index (κ2) is 5.61. The number of carbonyl (C=O) groups excluding carboxylic acids is 1. The zero-order valence-corrected chi connectivity index (χ0v) is 9.87. The third kappa shape index (κ3) is 3.05. The molecule has 0 aromatic heterocycles. The van der Waals surface area contributed by atoms with E-state index in [9.17, 15) is 9.18 Å². The van der Waals surface area contributed by atoms with Crippen molar-refractivity contribution < 1.29 is 9.18 Å². The zero-order chi connectivity index (χ0) is 13.0. The molecular weight excluding hydrogens is 233 g/mol. The molecule has 0 saturated carbocycles. The molecule has 1 fully saturated rings. The molecule has 4 nitrogen and oxygen atoms in total. The molecule has 1 aliphatic heterocycles. The monoisotopic (exact) mass is 247 g/mol.